The van der Waals surface area contributed by atoms with E-state index in [1.54, 1.807) is 0 Å². The summed E-state index contributed by atoms with van der Waals surface area (Å²) in [6.07, 6.45) is 0. The van der Waals surface area contributed by atoms with E-state index in [1.807, 2.05) is 25.1 Å². The Labute approximate surface area is 91.7 Å². The molecule has 0 amide bonds. The summed E-state index contributed by atoms with van der Waals surface area (Å²) in [4.78, 5) is 4.45. The Balaban J connectivity index is 2.87. The van der Waals surface area contributed by atoms with Crippen LogP contribution in [0.4, 0.5) is 0 Å². The van der Waals surface area contributed by atoms with Crippen LogP contribution in [0.15, 0.2) is 18.2 Å². The second kappa shape index (κ2) is 5.71. The van der Waals surface area contributed by atoms with E-state index in [1.165, 1.54) is 0 Å². The van der Waals surface area contributed by atoms with Crippen LogP contribution in [0.5, 0.6) is 5.88 Å². The molecule has 84 valence electrons. The molecule has 0 radical (unpaired) electrons. The van der Waals surface area contributed by atoms with Crippen LogP contribution >= 0.6 is 0 Å². The van der Waals surface area contributed by atoms with Gasteiger partial charge in [-0.2, -0.15) is 0 Å². The molecule has 1 atom stereocenters. The monoisotopic (exact) mass is 208 g/mol. The first-order valence-electron chi connectivity index (χ1n) is 5.48. The molecule has 1 aromatic heterocycles. The molecule has 0 aliphatic carbocycles. The molecular weight excluding hydrogens is 188 g/mol. The van der Waals surface area contributed by atoms with E-state index in [0.717, 1.165) is 5.69 Å². The minimum atomic E-state index is 0.311. The average molecular weight is 208 g/mol. The van der Waals surface area contributed by atoms with Gasteiger partial charge in [-0.05, 0) is 18.9 Å². The minimum Gasteiger partial charge on any atom is -0.478 e. The first kappa shape index (κ1) is 12.0. The smallest absolute Gasteiger partial charge is 0.213 e. The normalized spacial score (nSPS) is 12.9. The van der Waals surface area contributed by atoms with Gasteiger partial charge in [0.1, 0.15) is 0 Å². The Morgan fingerprint density at radius 1 is 1.40 bits per heavy atom. The maximum absolute atomic E-state index is 5.75. The Bertz CT molecular complexity index is 299. The predicted octanol–water partition coefficient (Wildman–Crippen LogP) is 2.18. The molecule has 0 fully saturated rings. The molecule has 0 aromatic carbocycles. The molecule has 1 unspecified atom stereocenters. The Morgan fingerprint density at radius 2 is 2.13 bits per heavy atom. The van der Waals surface area contributed by atoms with Gasteiger partial charge >= 0.3 is 0 Å². The third-order valence-electron chi connectivity index (χ3n) is 2.48. The van der Waals surface area contributed by atoms with Crippen LogP contribution in [0.3, 0.4) is 0 Å². The lowest BCUT2D eigenvalue weighted by atomic mass is 9.92. The highest BCUT2D eigenvalue weighted by Crippen LogP contribution is 2.22. The fourth-order valence-corrected chi connectivity index (χ4v) is 1.60. The number of aromatic nitrogens is 1. The van der Waals surface area contributed by atoms with Gasteiger partial charge in [0.15, 0.2) is 0 Å². The SMILES string of the molecule is CCOc1cccc(C(CN)C(C)C)n1. The summed E-state index contributed by atoms with van der Waals surface area (Å²) in [5, 5.41) is 0. The average Bonchev–Trinajstić information content (AvgIpc) is 2.19. The molecule has 0 aliphatic rings. The summed E-state index contributed by atoms with van der Waals surface area (Å²) in [7, 11) is 0. The molecule has 1 aromatic rings. The minimum absolute atomic E-state index is 0.311. The highest BCUT2D eigenvalue weighted by molar-refractivity contribution is 5.19. The van der Waals surface area contributed by atoms with Gasteiger partial charge in [0, 0.05) is 24.2 Å². The lowest BCUT2D eigenvalue weighted by Gasteiger charge is -2.18. The first-order valence-corrected chi connectivity index (χ1v) is 5.48. The molecular formula is C12H20N2O. The van der Waals surface area contributed by atoms with E-state index in [2.05, 4.69) is 18.8 Å². The van der Waals surface area contributed by atoms with Crippen molar-refractivity contribution in [1.29, 1.82) is 0 Å². The number of pyridine rings is 1. The standard InChI is InChI=1S/C12H20N2O/c1-4-15-12-7-5-6-11(14-12)10(8-13)9(2)3/h5-7,9-10H,4,8,13H2,1-3H3. The van der Waals surface area contributed by atoms with E-state index >= 15 is 0 Å². The number of nitrogens with two attached hydrogens (primary N) is 1. The maximum atomic E-state index is 5.75. The van der Waals surface area contributed by atoms with Gasteiger partial charge in [0.05, 0.1) is 6.61 Å². The van der Waals surface area contributed by atoms with Crippen LogP contribution in [0.2, 0.25) is 0 Å². The van der Waals surface area contributed by atoms with Crippen molar-refractivity contribution in [2.45, 2.75) is 26.7 Å². The van der Waals surface area contributed by atoms with Crippen molar-refractivity contribution in [1.82, 2.24) is 4.98 Å². The maximum Gasteiger partial charge on any atom is 0.213 e. The van der Waals surface area contributed by atoms with Crippen LogP contribution in [0.25, 0.3) is 0 Å². The summed E-state index contributed by atoms with van der Waals surface area (Å²) < 4.78 is 5.37. The van der Waals surface area contributed by atoms with Crippen LogP contribution in [0, 0.1) is 5.92 Å². The van der Waals surface area contributed by atoms with Gasteiger partial charge in [-0.25, -0.2) is 4.98 Å². The van der Waals surface area contributed by atoms with E-state index < -0.39 is 0 Å². The van der Waals surface area contributed by atoms with E-state index in [-0.39, 0.29) is 0 Å². The molecule has 15 heavy (non-hydrogen) atoms. The van der Waals surface area contributed by atoms with Gasteiger partial charge in [0.25, 0.3) is 0 Å². The summed E-state index contributed by atoms with van der Waals surface area (Å²) in [6.45, 7) is 7.54. The third kappa shape index (κ3) is 3.20. The van der Waals surface area contributed by atoms with Crippen molar-refractivity contribution in [2.24, 2.45) is 11.7 Å². The van der Waals surface area contributed by atoms with Crippen molar-refractivity contribution >= 4 is 0 Å². The molecule has 0 saturated heterocycles. The number of ether oxygens (including phenoxy) is 1. The zero-order valence-corrected chi connectivity index (χ0v) is 9.73. The molecule has 2 N–H and O–H groups in total. The molecule has 3 nitrogen and oxygen atoms in total. The lowest BCUT2D eigenvalue weighted by Crippen LogP contribution is -2.19. The van der Waals surface area contributed by atoms with Gasteiger partial charge in [-0.15, -0.1) is 0 Å². The quantitative estimate of drug-likeness (QED) is 0.806. The number of rotatable bonds is 5. The summed E-state index contributed by atoms with van der Waals surface area (Å²) in [5.41, 5.74) is 6.78. The van der Waals surface area contributed by atoms with Crippen LogP contribution in [-0.4, -0.2) is 18.1 Å². The molecule has 1 rings (SSSR count). The van der Waals surface area contributed by atoms with Crippen molar-refractivity contribution in [3.63, 3.8) is 0 Å². The Kier molecular flexibility index (Phi) is 4.56. The molecule has 3 heteroatoms. The summed E-state index contributed by atoms with van der Waals surface area (Å²) in [5.74, 6) is 1.50. The summed E-state index contributed by atoms with van der Waals surface area (Å²) in [6, 6.07) is 5.86. The number of hydrogen-bond donors (Lipinski definition) is 1. The lowest BCUT2D eigenvalue weighted by molar-refractivity contribution is 0.324. The van der Waals surface area contributed by atoms with E-state index in [0.29, 0.717) is 30.9 Å². The van der Waals surface area contributed by atoms with Gasteiger partial charge < -0.3 is 10.5 Å². The highest BCUT2D eigenvalue weighted by Gasteiger charge is 2.15. The van der Waals surface area contributed by atoms with Gasteiger partial charge in [-0.1, -0.05) is 19.9 Å². The highest BCUT2D eigenvalue weighted by atomic mass is 16.5. The molecule has 0 spiro atoms. The molecule has 0 saturated carbocycles. The summed E-state index contributed by atoms with van der Waals surface area (Å²) >= 11 is 0. The largest absolute Gasteiger partial charge is 0.478 e. The Hall–Kier alpha value is -1.09. The second-order valence-corrected chi connectivity index (χ2v) is 3.92. The number of hydrogen-bond acceptors (Lipinski definition) is 3. The van der Waals surface area contributed by atoms with Crippen molar-refractivity contribution in [3.05, 3.63) is 23.9 Å². The van der Waals surface area contributed by atoms with Crippen LogP contribution < -0.4 is 10.5 Å². The predicted molar refractivity (Wildman–Crippen MR) is 62.0 cm³/mol. The van der Waals surface area contributed by atoms with Crippen LogP contribution in [-0.2, 0) is 0 Å². The third-order valence-corrected chi connectivity index (χ3v) is 2.48. The molecule has 0 aliphatic heterocycles. The van der Waals surface area contributed by atoms with E-state index in [4.69, 9.17) is 10.5 Å². The number of nitrogens with zero attached hydrogens (tertiary/aromatic N) is 1. The van der Waals surface area contributed by atoms with Crippen molar-refractivity contribution in [2.75, 3.05) is 13.2 Å². The fourth-order valence-electron chi connectivity index (χ4n) is 1.60. The second-order valence-electron chi connectivity index (χ2n) is 3.92. The zero-order valence-electron chi connectivity index (χ0n) is 9.73. The fraction of sp³-hybridized carbons (Fsp3) is 0.583. The topological polar surface area (TPSA) is 48.1 Å². The van der Waals surface area contributed by atoms with Crippen LogP contribution in [0.1, 0.15) is 32.4 Å². The molecule has 1 heterocycles. The zero-order chi connectivity index (χ0) is 11.3. The Morgan fingerprint density at radius 3 is 2.67 bits per heavy atom. The van der Waals surface area contributed by atoms with Crippen molar-refractivity contribution < 1.29 is 4.74 Å². The molecule has 0 bridgehead atoms. The van der Waals surface area contributed by atoms with Gasteiger partial charge in [0.2, 0.25) is 5.88 Å². The van der Waals surface area contributed by atoms with Crippen molar-refractivity contribution in [3.8, 4) is 5.88 Å². The first-order chi connectivity index (χ1) is 7.19. The van der Waals surface area contributed by atoms with E-state index in [9.17, 15) is 0 Å². The van der Waals surface area contributed by atoms with Gasteiger partial charge in [-0.3, -0.25) is 0 Å².